The van der Waals surface area contributed by atoms with Crippen LogP contribution in [0.2, 0.25) is 0 Å². The third-order valence-electron chi connectivity index (χ3n) is 2.53. The Morgan fingerprint density at radius 1 is 0.833 bits per heavy atom. The van der Waals surface area contributed by atoms with Crippen LogP contribution in [0.3, 0.4) is 0 Å². The Balaban J connectivity index is 2.83. The van der Waals surface area contributed by atoms with E-state index in [4.69, 9.17) is 0 Å². The fourth-order valence-corrected chi connectivity index (χ4v) is 2.55. The highest BCUT2D eigenvalue weighted by atomic mass is 79.9. The summed E-state index contributed by atoms with van der Waals surface area (Å²) in [5.41, 5.74) is 2.48. The third-order valence-corrected chi connectivity index (χ3v) is 4.57. The van der Waals surface area contributed by atoms with Crippen molar-refractivity contribution in [3.8, 4) is 23.3 Å². The van der Waals surface area contributed by atoms with Gasteiger partial charge in [0.2, 0.25) is 0 Å². The number of hydrogen-bond donors (Lipinski definition) is 0. The van der Waals surface area contributed by atoms with Crippen LogP contribution in [-0.2, 0) is 0 Å². The Bertz CT molecular complexity index is 662. The van der Waals surface area contributed by atoms with Gasteiger partial charge in [-0.2, -0.15) is 10.5 Å². The Morgan fingerprint density at radius 2 is 1.39 bits per heavy atom. The number of benzene rings is 2. The highest BCUT2D eigenvalue weighted by Gasteiger charge is 2.14. The minimum Gasteiger partial charge on any atom is -0.192 e. The number of rotatable bonds is 1. The first kappa shape index (κ1) is 12.8. The largest absolute Gasteiger partial charge is 0.192 e. The topological polar surface area (TPSA) is 47.6 Å². The zero-order valence-corrected chi connectivity index (χ0v) is 12.3. The van der Waals surface area contributed by atoms with Gasteiger partial charge in [0.25, 0.3) is 0 Å². The van der Waals surface area contributed by atoms with Crippen molar-refractivity contribution in [1.82, 2.24) is 0 Å². The van der Waals surface area contributed by atoms with Crippen LogP contribution in [0.5, 0.6) is 0 Å². The molecule has 0 N–H and O–H groups in total. The zero-order valence-electron chi connectivity index (χ0n) is 9.11. The van der Waals surface area contributed by atoms with Crippen molar-refractivity contribution in [1.29, 1.82) is 10.5 Å². The average molecular weight is 362 g/mol. The van der Waals surface area contributed by atoms with Gasteiger partial charge in [0.05, 0.1) is 23.3 Å². The fourth-order valence-electron chi connectivity index (χ4n) is 1.73. The van der Waals surface area contributed by atoms with Gasteiger partial charge in [0.1, 0.15) is 0 Å². The summed E-state index contributed by atoms with van der Waals surface area (Å²) in [5.74, 6) is 0. The molecule has 0 spiro atoms. The summed E-state index contributed by atoms with van der Waals surface area (Å²) in [6.45, 7) is 0. The molecule has 2 nitrogen and oxygen atoms in total. The number of nitrogens with zero attached hydrogens (tertiary/aromatic N) is 2. The normalized spacial score (nSPS) is 9.56. The van der Waals surface area contributed by atoms with Crippen molar-refractivity contribution >= 4 is 31.9 Å². The molecule has 0 aliphatic rings. The summed E-state index contributed by atoms with van der Waals surface area (Å²) < 4.78 is 1.72. The second-order valence-electron chi connectivity index (χ2n) is 3.55. The van der Waals surface area contributed by atoms with E-state index in [1.165, 1.54) is 0 Å². The predicted octanol–water partition coefficient (Wildman–Crippen LogP) is 4.62. The molecule has 4 heteroatoms. The monoisotopic (exact) mass is 360 g/mol. The van der Waals surface area contributed by atoms with Crippen LogP contribution in [0.4, 0.5) is 0 Å². The second-order valence-corrected chi connectivity index (χ2v) is 5.20. The molecule has 0 fully saturated rings. The minimum atomic E-state index is 0.493. The molecule has 0 bridgehead atoms. The first-order valence-corrected chi connectivity index (χ1v) is 6.65. The number of halogens is 2. The van der Waals surface area contributed by atoms with E-state index in [1.807, 2.05) is 18.2 Å². The van der Waals surface area contributed by atoms with Crippen LogP contribution in [0, 0.1) is 22.7 Å². The first-order chi connectivity index (χ1) is 8.69. The second kappa shape index (κ2) is 5.35. The van der Waals surface area contributed by atoms with Crippen LogP contribution >= 0.6 is 31.9 Å². The summed E-state index contributed by atoms with van der Waals surface area (Å²) in [4.78, 5) is 0. The van der Waals surface area contributed by atoms with Crippen molar-refractivity contribution in [3.63, 3.8) is 0 Å². The summed E-state index contributed by atoms with van der Waals surface area (Å²) in [5, 5.41) is 18.3. The molecule has 0 aromatic heterocycles. The molecule has 0 aliphatic heterocycles. The molecule has 0 atom stereocenters. The van der Waals surface area contributed by atoms with Crippen molar-refractivity contribution < 1.29 is 0 Å². The van der Waals surface area contributed by atoms with Crippen molar-refractivity contribution in [2.75, 3.05) is 0 Å². The highest BCUT2D eigenvalue weighted by Crippen LogP contribution is 2.37. The Labute approximate surface area is 122 Å². The highest BCUT2D eigenvalue weighted by molar-refractivity contribution is 9.13. The van der Waals surface area contributed by atoms with Gasteiger partial charge in [-0.25, -0.2) is 0 Å². The molecule has 0 saturated heterocycles. The molecule has 86 valence electrons. The molecular formula is C14H6Br2N2. The molecular weight excluding hydrogens is 356 g/mol. The minimum absolute atomic E-state index is 0.493. The number of hydrogen-bond acceptors (Lipinski definition) is 2. The molecule has 0 aliphatic carbocycles. The van der Waals surface area contributed by atoms with Gasteiger partial charge < -0.3 is 0 Å². The van der Waals surface area contributed by atoms with Gasteiger partial charge in [-0.05, 0) is 55.6 Å². The SMILES string of the molecule is N#Cc1cccc(C#N)c1-c1cccc(Br)c1Br. The lowest BCUT2D eigenvalue weighted by Crippen LogP contribution is -1.91. The quantitative estimate of drug-likeness (QED) is 0.743. The number of nitriles is 2. The van der Waals surface area contributed by atoms with E-state index in [2.05, 4.69) is 44.0 Å². The average Bonchev–Trinajstić information content (AvgIpc) is 2.41. The standard InChI is InChI=1S/C14H6Br2N2/c15-12-6-2-5-11(14(12)16)13-9(7-17)3-1-4-10(13)8-18/h1-6H. The lowest BCUT2D eigenvalue weighted by molar-refractivity contribution is 1.43. The van der Waals surface area contributed by atoms with Crippen LogP contribution in [0.15, 0.2) is 45.3 Å². The van der Waals surface area contributed by atoms with E-state index in [0.29, 0.717) is 16.7 Å². The maximum absolute atomic E-state index is 9.17. The third kappa shape index (κ3) is 2.18. The van der Waals surface area contributed by atoms with Crippen LogP contribution in [-0.4, -0.2) is 0 Å². The first-order valence-electron chi connectivity index (χ1n) is 5.06. The van der Waals surface area contributed by atoms with E-state index in [-0.39, 0.29) is 0 Å². The predicted molar refractivity (Wildman–Crippen MR) is 76.7 cm³/mol. The Hall–Kier alpha value is -1.62. The van der Waals surface area contributed by atoms with Crippen molar-refractivity contribution in [2.24, 2.45) is 0 Å². The van der Waals surface area contributed by atoms with Gasteiger partial charge >= 0.3 is 0 Å². The van der Waals surface area contributed by atoms with Crippen molar-refractivity contribution in [3.05, 3.63) is 56.5 Å². The van der Waals surface area contributed by atoms with Gasteiger partial charge in [0, 0.05) is 14.5 Å². The summed E-state index contributed by atoms with van der Waals surface area (Å²) in [6.07, 6.45) is 0. The van der Waals surface area contributed by atoms with Crippen LogP contribution in [0.1, 0.15) is 11.1 Å². The van der Waals surface area contributed by atoms with E-state index in [0.717, 1.165) is 14.5 Å². The Morgan fingerprint density at radius 3 is 1.94 bits per heavy atom. The molecule has 2 aromatic carbocycles. The molecule has 0 amide bonds. The van der Waals surface area contributed by atoms with Gasteiger partial charge in [-0.3, -0.25) is 0 Å². The summed E-state index contributed by atoms with van der Waals surface area (Å²) in [6, 6.07) is 15.0. The maximum atomic E-state index is 9.17. The van der Waals surface area contributed by atoms with E-state index in [9.17, 15) is 10.5 Å². The summed E-state index contributed by atoms with van der Waals surface area (Å²) in [7, 11) is 0. The summed E-state index contributed by atoms with van der Waals surface area (Å²) >= 11 is 6.90. The molecule has 18 heavy (non-hydrogen) atoms. The molecule has 2 rings (SSSR count). The van der Waals surface area contributed by atoms with Crippen molar-refractivity contribution in [2.45, 2.75) is 0 Å². The maximum Gasteiger partial charge on any atom is 0.0998 e. The smallest absolute Gasteiger partial charge is 0.0998 e. The van der Waals surface area contributed by atoms with Gasteiger partial charge in [-0.15, -0.1) is 0 Å². The van der Waals surface area contributed by atoms with E-state index >= 15 is 0 Å². The molecule has 0 heterocycles. The molecule has 0 unspecified atom stereocenters. The fraction of sp³-hybridized carbons (Fsp3) is 0. The molecule has 0 radical (unpaired) electrons. The lowest BCUT2D eigenvalue weighted by atomic mass is 9.95. The zero-order chi connectivity index (χ0) is 13.1. The molecule has 2 aromatic rings. The van der Waals surface area contributed by atoms with E-state index < -0.39 is 0 Å². The Kier molecular flexibility index (Phi) is 3.81. The van der Waals surface area contributed by atoms with Crippen LogP contribution in [0.25, 0.3) is 11.1 Å². The lowest BCUT2D eigenvalue weighted by Gasteiger charge is -2.09. The van der Waals surface area contributed by atoms with Gasteiger partial charge in [0.15, 0.2) is 0 Å². The van der Waals surface area contributed by atoms with E-state index in [1.54, 1.807) is 18.2 Å². The van der Waals surface area contributed by atoms with Crippen LogP contribution < -0.4 is 0 Å². The van der Waals surface area contributed by atoms with Gasteiger partial charge in [-0.1, -0.05) is 18.2 Å². The molecule has 0 saturated carbocycles.